The molecule has 2 N–H and O–H groups in total. The van der Waals surface area contributed by atoms with Gasteiger partial charge >= 0.3 is 0 Å². The van der Waals surface area contributed by atoms with Crippen molar-refractivity contribution in [2.24, 2.45) is 0 Å². The SMILES string of the molecule is CC(=O)C=C(c1c(C)[nH]c2ccccc12)c1c(C)[nH]c2ccccc12. The van der Waals surface area contributed by atoms with Crippen LogP contribution < -0.4 is 0 Å². The standard InChI is InChI=1S/C22H20N2O/c1-13(25)12-18(21-14(2)23-19-10-6-4-8-16(19)21)22-15(3)24-20-11-7-5-9-17(20)22/h4-12,23-24H,1-3H3. The molecule has 0 spiro atoms. The Morgan fingerprint density at radius 3 is 1.68 bits per heavy atom. The zero-order valence-corrected chi connectivity index (χ0v) is 14.6. The molecule has 2 aromatic heterocycles. The van der Waals surface area contributed by atoms with Gasteiger partial charge in [0.05, 0.1) is 0 Å². The van der Waals surface area contributed by atoms with Crippen LogP contribution in [0.15, 0.2) is 54.6 Å². The van der Waals surface area contributed by atoms with Crippen molar-refractivity contribution in [2.75, 3.05) is 0 Å². The summed E-state index contributed by atoms with van der Waals surface area (Å²) >= 11 is 0. The van der Waals surface area contributed by atoms with Crippen molar-refractivity contribution in [1.29, 1.82) is 0 Å². The number of para-hydroxylation sites is 2. The number of allylic oxidation sites excluding steroid dienone is 1. The Bertz CT molecular complexity index is 1060. The zero-order chi connectivity index (χ0) is 17.6. The fourth-order valence-corrected chi connectivity index (χ4v) is 3.72. The van der Waals surface area contributed by atoms with Gasteiger partial charge in [-0.15, -0.1) is 0 Å². The lowest BCUT2D eigenvalue weighted by Gasteiger charge is -2.09. The largest absolute Gasteiger partial charge is 0.358 e. The van der Waals surface area contributed by atoms with E-state index in [1.807, 2.05) is 24.3 Å². The van der Waals surface area contributed by atoms with Crippen LogP contribution in [0.25, 0.3) is 27.4 Å². The average Bonchev–Trinajstić information content (AvgIpc) is 3.08. The highest BCUT2D eigenvalue weighted by Crippen LogP contribution is 2.37. The topological polar surface area (TPSA) is 48.6 Å². The summed E-state index contributed by atoms with van der Waals surface area (Å²) in [6, 6.07) is 16.5. The van der Waals surface area contributed by atoms with Crippen LogP contribution in [-0.4, -0.2) is 15.8 Å². The highest BCUT2D eigenvalue weighted by molar-refractivity contribution is 6.10. The van der Waals surface area contributed by atoms with Gasteiger partial charge in [0.1, 0.15) is 0 Å². The number of aromatic nitrogens is 2. The van der Waals surface area contributed by atoms with E-state index in [4.69, 9.17) is 0 Å². The fourth-order valence-electron chi connectivity index (χ4n) is 3.72. The van der Waals surface area contributed by atoms with E-state index in [-0.39, 0.29) is 5.78 Å². The molecule has 124 valence electrons. The van der Waals surface area contributed by atoms with Gasteiger partial charge in [-0.2, -0.15) is 0 Å². The Balaban J connectivity index is 2.10. The maximum Gasteiger partial charge on any atom is 0.153 e. The first kappa shape index (κ1) is 15.5. The Morgan fingerprint density at radius 2 is 1.24 bits per heavy atom. The van der Waals surface area contributed by atoms with Crippen LogP contribution in [0.5, 0.6) is 0 Å². The van der Waals surface area contributed by atoms with Crippen LogP contribution in [0.2, 0.25) is 0 Å². The lowest BCUT2D eigenvalue weighted by molar-refractivity contribution is -0.112. The Hall–Kier alpha value is -3.07. The fraction of sp³-hybridized carbons (Fsp3) is 0.136. The van der Waals surface area contributed by atoms with Crippen LogP contribution in [0.1, 0.15) is 29.4 Å². The van der Waals surface area contributed by atoms with E-state index in [1.54, 1.807) is 13.0 Å². The van der Waals surface area contributed by atoms with Gasteiger partial charge in [-0.25, -0.2) is 0 Å². The smallest absolute Gasteiger partial charge is 0.153 e. The first-order chi connectivity index (χ1) is 12.1. The van der Waals surface area contributed by atoms with Gasteiger partial charge in [0.2, 0.25) is 0 Å². The van der Waals surface area contributed by atoms with Gasteiger partial charge in [-0.3, -0.25) is 4.79 Å². The lowest BCUT2D eigenvalue weighted by atomic mass is 9.92. The molecule has 3 nitrogen and oxygen atoms in total. The second-order valence-corrected chi connectivity index (χ2v) is 6.51. The molecule has 0 bridgehead atoms. The molecule has 0 saturated heterocycles. The minimum atomic E-state index is 0.0457. The van der Waals surface area contributed by atoms with Gasteiger partial charge in [-0.1, -0.05) is 36.4 Å². The molecule has 2 aromatic carbocycles. The Labute approximate surface area is 146 Å². The number of hydrogen-bond donors (Lipinski definition) is 2. The minimum absolute atomic E-state index is 0.0457. The highest BCUT2D eigenvalue weighted by Gasteiger charge is 2.20. The molecule has 0 aliphatic heterocycles. The van der Waals surface area contributed by atoms with Gasteiger partial charge in [0.15, 0.2) is 5.78 Å². The van der Waals surface area contributed by atoms with Crippen LogP contribution in [0.3, 0.4) is 0 Å². The molecule has 4 aromatic rings. The summed E-state index contributed by atoms with van der Waals surface area (Å²) in [5.41, 5.74) is 7.47. The molecular formula is C22H20N2O. The van der Waals surface area contributed by atoms with E-state index in [0.717, 1.165) is 49.9 Å². The summed E-state index contributed by atoms with van der Waals surface area (Å²) in [5.74, 6) is 0.0457. The van der Waals surface area contributed by atoms with Crippen LogP contribution >= 0.6 is 0 Å². The van der Waals surface area contributed by atoms with Crippen LogP contribution in [0, 0.1) is 13.8 Å². The van der Waals surface area contributed by atoms with Crippen molar-refractivity contribution in [3.8, 4) is 0 Å². The molecule has 0 saturated carbocycles. The summed E-state index contributed by atoms with van der Waals surface area (Å²) < 4.78 is 0. The predicted molar refractivity (Wildman–Crippen MR) is 104 cm³/mol. The van der Waals surface area contributed by atoms with E-state index >= 15 is 0 Å². The Morgan fingerprint density at radius 1 is 0.800 bits per heavy atom. The number of fused-ring (bicyclic) bond motifs is 2. The molecule has 25 heavy (non-hydrogen) atoms. The van der Waals surface area contributed by atoms with Crippen molar-refractivity contribution in [2.45, 2.75) is 20.8 Å². The number of H-pyrrole nitrogens is 2. The molecule has 0 radical (unpaired) electrons. The predicted octanol–water partition coefficient (Wildman–Crippen LogP) is 5.29. The van der Waals surface area contributed by atoms with Crippen molar-refractivity contribution < 1.29 is 4.79 Å². The first-order valence-corrected chi connectivity index (χ1v) is 8.44. The second kappa shape index (κ2) is 5.78. The van der Waals surface area contributed by atoms with E-state index in [2.05, 4.69) is 48.1 Å². The van der Waals surface area contributed by atoms with Crippen LogP contribution in [0.4, 0.5) is 0 Å². The first-order valence-electron chi connectivity index (χ1n) is 8.44. The third-order valence-corrected chi connectivity index (χ3v) is 4.67. The summed E-state index contributed by atoms with van der Waals surface area (Å²) in [5, 5.41) is 2.27. The molecule has 0 atom stereocenters. The summed E-state index contributed by atoms with van der Waals surface area (Å²) in [6.45, 7) is 5.73. The second-order valence-electron chi connectivity index (χ2n) is 6.51. The zero-order valence-electron chi connectivity index (χ0n) is 14.6. The summed E-state index contributed by atoms with van der Waals surface area (Å²) in [6.07, 6.45) is 1.76. The van der Waals surface area contributed by atoms with E-state index in [1.165, 1.54) is 0 Å². The lowest BCUT2D eigenvalue weighted by Crippen LogP contribution is -1.95. The number of nitrogens with one attached hydrogen (secondary N) is 2. The van der Waals surface area contributed by atoms with Gasteiger partial charge in [-0.05, 0) is 44.6 Å². The number of carbonyl (C=O) groups is 1. The molecule has 0 aliphatic carbocycles. The molecular weight excluding hydrogens is 308 g/mol. The number of hydrogen-bond acceptors (Lipinski definition) is 1. The van der Waals surface area contributed by atoms with Crippen molar-refractivity contribution in [3.05, 3.63) is 77.1 Å². The molecule has 4 rings (SSSR count). The number of carbonyl (C=O) groups excluding carboxylic acids is 1. The summed E-state index contributed by atoms with van der Waals surface area (Å²) in [7, 11) is 0. The molecule has 0 unspecified atom stereocenters. The van der Waals surface area contributed by atoms with Gasteiger partial charge in [0, 0.05) is 44.3 Å². The number of rotatable bonds is 3. The van der Waals surface area contributed by atoms with Crippen molar-refractivity contribution in [3.63, 3.8) is 0 Å². The van der Waals surface area contributed by atoms with Crippen molar-refractivity contribution >= 4 is 33.2 Å². The maximum atomic E-state index is 12.0. The molecule has 0 aliphatic rings. The Kier molecular flexibility index (Phi) is 3.57. The monoisotopic (exact) mass is 328 g/mol. The van der Waals surface area contributed by atoms with Gasteiger partial charge in [0.25, 0.3) is 0 Å². The molecule has 2 heterocycles. The van der Waals surface area contributed by atoms with E-state index in [9.17, 15) is 4.79 Å². The average molecular weight is 328 g/mol. The molecule has 3 heteroatoms. The van der Waals surface area contributed by atoms with Gasteiger partial charge < -0.3 is 9.97 Å². The third-order valence-electron chi connectivity index (χ3n) is 4.67. The van der Waals surface area contributed by atoms with Crippen molar-refractivity contribution in [1.82, 2.24) is 9.97 Å². The van der Waals surface area contributed by atoms with E-state index < -0.39 is 0 Å². The van der Waals surface area contributed by atoms with E-state index in [0.29, 0.717) is 0 Å². The summed E-state index contributed by atoms with van der Waals surface area (Å²) in [4.78, 5) is 18.9. The quantitative estimate of drug-likeness (QED) is 0.493. The molecule has 0 fully saturated rings. The molecule has 0 amide bonds. The van der Waals surface area contributed by atoms with Crippen LogP contribution in [-0.2, 0) is 4.79 Å². The minimum Gasteiger partial charge on any atom is -0.358 e. The normalized spacial score (nSPS) is 11.2. The number of aryl methyl sites for hydroxylation is 2. The number of ketones is 1. The highest BCUT2D eigenvalue weighted by atomic mass is 16.1. The third kappa shape index (κ3) is 2.49. The maximum absolute atomic E-state index is 12.0. The number of aromatic amines is 2. The number of benzene rings is 2.